The zero-order chi connectivity index (χ0) is 19.6. The van der Waals surface area contributed by atoms with Crippen LogP contribution in [0.15, 0.2) is 29.3 Å². The second-order valence-corrected chi connectivity index (χ2v) is 7.14. The molecule has 1 fully saturated rings. The predicted octanol–water partition coefficient (Wildman–Crippen LogP) is 3.05. The second-order valence-electron chi connectivity index (χ2n) is 7.14. The summed E-state index contributed by atoms with van der Waals surface area (Å²) in [5.41, 5.74) is 1.18. The SMILES string of the molecule is CCOC(=O)C1CCC(NC(=NC)NCC(C)Oc2cccc(C)c2)CC1. The molecule has 1 unspecified atom stereocenters. The number of aryl methyl sites for hydroxylation is 1. The molecule has 1 aromatic carbocycles. The van der Waals surface area contributed by atoms with Crippen molar-refractivity contribution in [2.45, 2.75) is 58.6 Å². The number of hydrogen-bond donors (Lipinski definition) is 2. The van der Waals surface area contributed by atoms with Crippen molar-refractivity contribution in [1.82, 2.24) is 10.6 Å². The number of nitrogens with zero attached hydrogens (tertiary/aromatic N) is 1. The van der Waals surface area contributed by atoms with Gasteiger partial charge in [0.25, 0.3) is 0 Å². The lowest BCUT2D eigenvalue weighted by Gasteiger charge is -2.29. The van der Waals surface area contributed by atoms with Crippen LogP contribution in [0.4, 0.5) is 0 Å². The normalized spacial score (nSPS) is 21.3. The molecule has 0 heterocycles. The lowest BCUT2D eigenvalue weighted by molar-refractivity contribution is -0.149. The first-order valence-corrected chi connectivity index (χ1v) is 9.89. The van der Waals surface area contributed by atoms with E-state index in [2.05, 4.69) is 28.6 Å². The van der Waals surface area contributed by atoms with Crippen LogP contribution >= 0.6 is 0 Å². The molecule has 0 aliphatic heterocycles. The number of guanidine groups is 1. The lowest BCUT2D eigenvalue weighted by Crippen LogP contribution is -2.47. The summed E-state index contributed by atoms with van der Waals surface area (Å²) in [5.74, 6) is 1.64. The summed E-state index contributed by atoms with van der Waals surface area (Å²) in [7, 11) is 1.77. The number of aliphatic imine (C=N–C) groups is 1. The number of esters is 1. The van der Waals surface area contributed by atoms with Crippen LogP contribution < -0.4 is 15.4 Å². The molecular formula is C21H33N3O3. The van der Waals surface area contributed by atoms with E-state index in [0.717, 1.165) is 37.4 Å². The van der Waals surface area contributed by atoms with Gasteiger partial charge in [-0.15, -0.1) is 0 Å². The number of benzene rings is 1. The molecule has 0 bridgehead atoms. The molecular weight excluding hydrogens is 342 g/mol. The highest BCUT2D eigenvalue weighted by molar-refractivity contribution is 5.80. The molecule has 1 aliphatic carbocycles. The van der Waals surface area contributed by atoms with Gasteiger partial charge < -0.3 is 20.1 Å². The van der Waals surface area contributed by atoms with E-state index < -0.39 is 0 Å². The molecule has 27 heavy (non-hydrogen) atoms. The average Bonchev–Trinajstić information content (AvgIpc) is 2.65. The Kier molecular flexibility index (Phi) is 8.43. The average molecular weight is 376 g/mol. The van der Waals surface area contributed by atoms with Crippen molar-refractivity contribution < 1.29 is 14.3 Å². The van der Waals surface area contributed by atoms with Gasteiger partial charge in [-0.05, 0) is 64.2 Å². The smallest absolute Gasteiger partial charge is 0.308 e. The first-order chi connectivity index (χ1) is 13.0. The van der Waals surface area contributed by atoms with E-state index in [0.29, 0.717) is 19.2 Å². The van der Waals surface area contributed by atoms with E-state index in [1.807, 2.05) is 32.0 Å². The van der Waals surface area contributed by atoms with Crippen molar-refractivity contribution >= 4 is 11.9 Å². The van der Waals surface area contributed by atoms with Gasteiger partial charge >= 0.3 is 5.97 Å². The molecule has 150 valence electrons. The summed E-state index contributed by atoms with van der Waals surface area (Å²) >= 11 is 0. The van der Waals surface area contributed by atoms with Crippen LogP contribution in [-0.2, 0) is 9.53 Å². The molecule has 2 rings (SSSR count). The highest BCUT2D eigenvalue weighted by Gasteiger charge is 2.27. The fourth-order valence-corrected chi connectivity index (χ4v) is 3.32. The molecule has 0 spiro atoms. The number of hydrogen-bond acceptors (Lipinski definition) is 4. The van der Waals surface area contributed by atoms with Crippen LogP contribution in [-0.4, -0.2) is 44.3 Å². The van der Waals surface area contributed by atoms with E-state index in [4.69, 9.17) is 9.47 Å². The first kappa shape index (κ1) is 21.1. The van der Waals surface area contributed by atoms with Gasteiger partial charge in [0, 0.05) is 13.1 Å². The molecule has 0 amide bonds. The largest absolute Gasteiger partial charge is 0.489 e. The molecule has 1 saturated carbocycles. The summed E-state index contributed by atoms with van der Waals surface area (Å²) in [6.07, 6.45) is 3.63. The molecule has 1 aliphatic rings. The first-order valence-electron chi connectivity index (χ1n) is 9.89. The van der Waals surface area contributed by atoms with Gasteiger partial charge in [-0.1, -0.05) is 12.1 Å². The molecule has 1 atom stereocenters. The molecule has 2 N–H and O–H groups in total. The Bertz CT molecular complexity index is 625. The Morgan fingerprint density at radius 2 is 2.04 bits per heavy atom. The Balaban J connectivity index is 1.72. The van der Waals surface area contributed by atoms with Gasteiger partial charge in [-0.25, -0.2) is 0 Å². The van der Waals surface area contributed by atoms with Gasteiger partial charge in [0.05, 0.1) is 19.1 Å². The van der Waals surface area contributed by atoms with Crippen LogP contribution in [0.3, 0.4) is 0 Å². The van der Waals surface area contributed by atoms with Crippen molar-refractivity contribution in [3.63, 3.8) is 0 Å². The maximum Gasteiger partial charge on any atom is 0.308 e. The number of carbonyl (C=O) groups is 1. The molecule has 6 nitrogen and oxygen atoms in total. The third-order valence-electron chi connectivity index (χ3n) is 4.80. The van der Waals surface area contributed by atoms with Crippen LogP contribution in [0.5, 0.6) is 5.75 Å². The molecule has 0 saturated heterocycles. The van der Waals surface area contributed by atoms with E-state index >= 15 is 0 Å². The summed E-state index contributed by atoms with van der Waals surface area (Å²) < 4.78 is 11.1. The number of ether oxygens (including phenoxy) is 2. The van der Waals surface area contributed by atoms with E-state index in [1.165, 1.54) is 5.56 Å². The second kappa shape index (κ2) is 10.8. The van der Waals surface area contributed by atoms with Crippen molar-refractivity contribution in [1.29, 1.82) is 0 Å². The van der Waals surface area contributed by atoms with Crippen molar-refractivity contribution in [3.8, 4) is 5.75 Å². The third-order valence-corrected chi connectivity index (χ3v) is 4.80. The van der Waals surface area contributed by atoms with Crippen molar-refractivity contribution in [2.75, 3.05) is 20.2 Å². The maximum atomic E-state index is 11.8. The van der Waals surface area contributed by atoms with Gasteiger partial charge in [0.1, 0.15) is 11.9 Å². The summed E-state index contributed by atoms with van der Waals surface area (Å²) in [4.78, 5) is 16.1. The van der Waals surface area contributed by atoms with Gasteiger partial charge in [-0.3, -0.25) is 9.79 Å². The number of carbonyl (C=O) groups excluding carboxylic acids is 1. The van der Waals surface area contributed by atoms with Crippen LogP contribution in [0.2, 0.25) is 0 Å². The van der Waals surface area contributed by atoms with Crippen molar-refractivity contribution in [2.24, 2.45) is 10.9 Å². The van der Waals surface area contributed by atoms with Crippen LogP contribution in [0, 0.1) is 12.8 Å². The fraction of sp³-hybridized carbons (Fsp3) is 0.619. The van der Waals surface area contributed by atoms with Gasteiger partial charge in [0.2, 0.25) is 0 Å². The Hall–Kier alpha value is -2.24. The Labute approximate surface area is 162 Å². The number of rotatable bonds is 7. The highest BCUT2D eigenvalue weighted by Crippen LogP contribution is 2.25. The lowest BCUT2D eigenvalue weighted by atomic mass is 9.86. The molecule has 0 radical (unpaired) electrons. The zero-order valence-corrected chi connectivity index (χ0v) is 17.0. The van der Waals surface area contributed by atoms with Gasteiger partial charge in [-0.2, -0.15) is 0 Å². The topological polar surface area (TPSA) is 72.0 Å². The molecule has 0 aromatic heterocycles. The number of nitrogens with one attached hydrogen (secondary N) is 2. The summed E-state index contributed by atoms with van der Waals surface area (Å²) in [5, 5.41) is 6.78. The van der Waals surface area contributed by atoms with E-state index in [9.17, 15) is 4.79 Å². The monoisotopic (exact) mass is 375 g/mol. The van der Waals surface area contributed by atoms with Crippen molar-refractivity contribution in [3.05, 3.63) is 29.8 Å². The minimum Gasteiger partial charge on any atom is -0.489 e. The Morgan fingerprint density at radius 1 is 1.30 bits per heavy atom. The molecule has 6 heteroatoms. The van der Waals surface area contributed by atoms with Crippen LogP contribution in [0.25, 0.3) is 0 Å². The standard InChI is InChI=1S/C21H33N3O3/c1-5-26-20(25)17-9-11-18(12-10-17)24-21(22-4)23-14-16(3)27-19-8-6-7-15(2)13-19/h6-8,13,16-18H,5,9-12,14H2,1-4H3,(H2,22,23,24). The summed E-state index contributed by atoms with van der Waals surface area (Å²) in [6, 6.07) is 8.38. The quantitative estimate of drug-likeness (QED) is 0.435. The minimum absolute atomic E-state index is 0.0184. The van der Waals surface area contributed by atoms with Gasteiger partial charge in [0.15, 0.2) is 5.96 Å². The third kappa shape index (κ3) is 7.12. The molecule has 1 aromatic rings. The fourth-order valence-electron chi connectivity index (χ4n) is 3.32. The zero-order valence-electron chi connectivity index (χ0n) is 17.0. The minimum atomic E-state index is -0.0550. The van der Waals surface area contributed by atoms with E-state index in [-0.39, 0.29) is 18.0 Å². The van der Waals surface area contributed by atoms with Crippen LogP contribution in [0.1, 0.15) is 45.1 Å². The maximum absolute atomic E-state index is 11.8. The summed E-state index contributed by atoms with van der Waals surface area (Å²) in [6.45, 7) is 7.05. The van der Waals surface area contributed by atoms with E-state index in [1.54, 1.807) is 7.05 Å². The Morgan fingerprint density at radius 3 is 2.67 bits per heavy atom. The predicted molar refractivity (Wildman–Crippen MR) is 108 cm³/mol. The highest BCUT2D eigenvalue weighted by atomic mass is 16.5.